The number of hydrogen-bond donors (Lipinski definition) is 14. The van der Waals surface area contributed by atoms with Crippen molar-refractivity contribution in [2.24, 2.45) is 29.0 Å². The van der Waals surface area contributed by atoms with Crippen LogP contribution in [0.5, 0.6) is 0 Å². The Bertz CT molecular complexity index is 1530. The summed E-state index contributed by atoms with van der Waals surface area (Å²) in [6.45, 7) is 8.55. The van der Waals surface area contributed by atoms with Crippen LogP contribution in [0.4, 0.5) is 0 Å². The van der Waals surface area contributed by atoms with Crippen LogP contribution >= 0.6 is 11.8 Å². The van der Waals surface area contributed by atoms with E-state index in [1.165, 1.54) is 25.6 Å². The predicted octanol–water partition coefficient (Wildman–Crippen LogP) is -3.99. The molecule has 0 unspecified atom stereocenters. The molecule has 8 amide bonds. The van der Waals surface area contributed by atoms with E-state index in [2.05, 4.69) is 42.5 Å². The molecule has 0 radical (unpaired) electrons. The van der Waals surface area contributed by atoms with Crippen LogP contribution in [0.1, 0.15) is 92.9 Å². The summed E-state index contributed by atoms with van der Waals surface area (Å²) in [6.07, 6.45) is 3.46. The third kappa shape index (κ3) is 22.3. The van der Waals surface area contributed by atoms with Crippen LogP contribution in [-0.2, 0) is 43.2 Å². The van der Waals surface area contributed by atoms with Gasteiger partial charge in [-0.25, -0.2) is 4.79 Å². The van der Waals surface area contributed by atoms with Gasteiger partial charge in [-0.2, -0.15) is 11.8 Å². The van der Waals surface area contributed by atoms with E-state index in [0.717, 1.165) is 0 Å². The van der Waals surface area contributed by atoms with Gasteiger partial charge >= 0.3 is 5.97 Å². The molecule has 0 bridgehead atoms. The molecule has 0 saturated carbocycles. The number of carboxylic acid groups (broad SMARTS) is 1. The van der Waals surface area contributed by atoms with Crippen molar-refractivity contribution in [2.45, 2.75) is 147 Å². The molecule has 0 saturated heterocycles. The minimum absolute atomic E-state index is 0.0390. The number of aliphatic hydroxyl groups is 2. The van der Waals surface area contributed by atoms with Gasteiger partial charge in [0.05, 0.1) is 25.3 Å². The molecule has 0 heterocycles. The van der Waals surface area contributed by atoms with Crippen molar-refractivity contribution in [1.82, 2.24) is 42.5 Å². The fourth-order valence-electron chi connectivity index (χ4n) is 5.95. The highest BCUT2D eigenvalue weighted by atomic mass is 32.2. The van der Waals surface area contributed by atoms with Crippen molar-refractivity contribution in [3.05, 3.63) is 0 Å². The molecule has 10 atom stereocenters. The fraction of sp³-hybridized carbons (Fsp3) is 0.775. The molecule has 64 heavy (non-hydrogen) atoms. The first-order chi connectivity index (χ1) is 30.1. The Hall–Kier alpha value is -4.62. The Morgan fingerprint density at radius 2 is 1.11 bits per heavy atom. The van der Waals surface area contributed by atoms with Crippen LogP contribution in [0.3, 0.4) is 0 Å². The number of aliphatic hydroxyl groups excluding tert-OH is 2. The van der Waals surface area contributed by atoms with Gasteiger partial charge in [0.1, 0.15) is 42.3 Å². The van der Waals surface area contributed by atoms with Crippen molar-refractivity contribution in [3.63, 3.8) is 0 Å². The monoisotopic (exact) mass is 934 g/mol. The molecule has 17 N–H and O–H groups in total. The van der Waals surface area contributed by atoms with Crippen LogP contribution in [0.25, 0.3) is 0 Å². The maximum Gasteiger partial charge on any atom is 0.326 e. The number of hydrogen-bond acceptors (Lipinski definition) is 15. The fourth-order valence-corrected chi connectivity index (χ4v) is 6.42. The number of nitrogens with one attached hydrogen (secondary N) is 8. The van der Waals surface area contributed by atoms with Crippen LogP contribution in [0.15, 0.2) is 0 Å². The first kappa shape index (κ1) is 59.4. The summed E-state index contributed by atoms with van der Waals surface area (Å²) in [5.74, 6) is -8.51. The Kier molecular flexibility index (Phi) is 29.8. The Labute approximate surface area is 379 Å². The third-order valence-electron chi connectivity index (χ3n) is 10.2. The molecule has 0 aromatic heterocycles. The topological polar surface area (TPSA) is 389 Å². The Morgan fingerprint density at radius 3 is 1.62 bits per heavy atom. The van der Waals surface area contributed by atoms with Crippen LogP contribution in [0, 0.1) is 11.8 Å². The van der Waals surface area contributed by atoms with E-state index in [0.29, 0.717) is 57.4 Å². The summed E-state index contributed by atoms with van der Waals surface area (Å²) in [7, 11) is 0. The molecule has 0 rings (SSSR count). The van der Waals surface area contributed by atoms with Crippen LogP contribution in [-0.4, -0.2) is 161 Å². The summed E-state index contributed by atoms with van der Waals surface area (Å²) < 4.78 is 0. The normalized spacial score (nSPS) is 15.9. The second-order valence-corrected chi connectivity index (χ2v) is 17.0. The van der Waals surface area contributed by atoms with Gasteiger partial charge in [0.2, 0.25) is 47.3 Å². The van der Waals surface area contributed by atoms with Crippen molar-refractivity contribution in [2.75, 3.05) is 38.2 Å². The maximum absolute atomic E-state index is 13.5. The minimum Gasteiger partial charge on any atom is -0.480 e. The number of amides is 8. The zero-order valence-electron chi connectivity index (χ0n) is 38.2. The molecule has 24 heteroatoms. The lowest BCUT2D eigenvalue weighted by molar-refractivity contribution is -0.143. The lowest BCUT2D eigenvalue weighted by Crippen LogP contribution is -2.62. The summed E-state index contributed by atoms with van der Waals surface area (Å²) >= 11 is 1.34. The van der Waals surface area contributed by atoms with E-state index in [4.69, 9.17) is 17.2 Å². The predicted molar refractivity (Wildman–Crippen MR) is 240 cm³/mol. The Morgan fingerprint density at radius 1 is 0.594 bits per heavy atom. The molecule has 0 fully saturated rings. The average molecular weight is 934 g/mol. The van der Waals surface area contributed by atoms with E-state index in [1.54, 1.807) is 34.0 Å². The van der Waals surface area contributed by atoms with E-state index in [1.807, 2.05) is 0 Å². The van der Waals surface area contributed by atoms with Gasteiger partial charge in [-0.15, -0.1) is 0 Å². The molecule has 0 aromatic carbocycles. The highest BCUT2D eigenvalue weighted by Crippen LogP contribution is 2.11. The summed E-state index contributed by atoms with van der Waals surface area (Å²) in [6, 6.07) is -10.4. The quantitative estimate of drug-likeness (QED) is 0.0279. The third-order valence-corrected chi connectivity index (χ3v) is 10.9. The molecular formula is C40H75N11O12S. The van der Waals surface area contributed by atoms with Gasteiger partial charge in [0, 0.05) is 0 Å². The van der Waals surface area contributed by atoms with Gasteiger partial charge in [-0.05, 0) is 89.3 Å². The zero-order chi connectivity index (χ0) is 49.1. The lowest BCUT2D eigenvalue weighted by Gasteiger charge is -2.29. The summed E-state index contributed by atoms with van der Waals surface area (Å²) in [5.41, 5.74) is 16.8. The molecule has 368 valence electrons. The zero-order valence-corrected chi connectivity index (χ0v) is 39.0. The molecule has 23 nitrogen and oxygen atoms in total. The number of aliphatic carboxylic acids is 1. The number of carbonyl (C=O) groups excluding carboxylic acids is 8. The average Bonchev–Trinajstić information content (AvgIpc) is 3.24. The summed E-state index contributed by atoms with van der Waals surface area (Å²) in [4.78, 5) is 117. The molecule has 0 aliphatic carbocycles. The Balaban J connectivity index is 5.80. The van der Waals surface area contributed by atoms with Gasteiger partial charge in [0.15, 0.2) is 0 Å². The number of unbranched alkanes of at least 4 members (excludes halogenated alkanes) is 2. The van der Waals surface area contributed by atoms with Crippen molar-refractivity contribution >= 4 is 65.0 Å². The standard InChI is InChI=1S/C40H75N11O12S/c1-8-22(4)31(49-29(54)19-44-34(56)25(43)13-9-11-16-41)38(60)51-32(24(6)53)39(61)45-23(5)33(55)46-26(15-18-64-7)35(57)48-28(20-52)36(58)50-30(21(2)3)37(59)47-27(40(62)63)14-10-12-17-42/h21-28,30-32,52-53H,8-20,41-43H2,1-7H3,(H,44,56)(H,45,61)(H,46,55)(H,47,59)(H,48,57)(H,49,54)(H,50,58)(H,51,60)(H,62,63)/t22-,23-,24+,25-,26-,27-,28-,30-,31-,32-/m0/s1. The highest BCUT2D eigenvalue weighted by molar-refractivity contribution is 7.98. The molecule has 0 aliphatic rings. The van der Waals surface area contributed by atoms with Gasteiger partial charge in [0.25, 0.3) is 0 Å². The largest absolute Gasteiger partial charge is 0.480 e. The van der Waals surface area contributed by atoms with E-state index in [9.17, 15) is 58.5 Å². The highest BCUT2D eigenvalue weighted by Gasteiger charge is 2.35. The summed E-state index contributed by atoms with van der Waals surface area (Å²) in [5, 5.41) is 49.7. The van der Waals surface area contributed by atoms with Gasteiger partial charge in [-0.1, -0.05) is 40.5 Å². The van der Waals surface area contributed by atoms with Crippen molar-refractivity contribution < 1.29 is 58.5 Å². The molecular weight excluding hydrogens is 859 g/mol. The minimum atomic E-state index is -1.61. The molecule has 0 aromatic rings. The lowest BCUT2D eigenvalue weighted by atomic mass is 9.97. The number of carbonyl (C=O) groups is 9. The number of nitrogens with two attached hydrogens (primary N) is 3. The van der Waals surface area contributed by atoms with E-state index < -0.39 is 133 Å². The van der Waals surface area contributed by atoms with E-state index >= 15 is 0 Å². The van der Waals surface area contributed by atoms with Crippen LogP contribution in [0.2, 0.25) is 0 Å². The number of rotatable bonds is 33. The van der Waals surface area contributed by atoms with Gasteiger partial charge < -0.3 is 75.1 Å². The first-order valence-corrected chi connectivity index (χ1v) is 23.0. The van der Waals surface area contributed by atoms with Crippen LogP contribution < -0.4 is 59.7 Å². The second kappa shape index (κ2) is 32.1. The first-order valence-electron chi connectivity index (χ1n) is 21.7. The smallest absolute Gasteiger partial charge is 0.326 e. The SMILES string of the molecule is CC[C@H](C)[C@H](NC(=O)CNC(=O)[C@@H](N)CCCCN)C(=O)N[C@H](C(=O)N[C@@H](C)C(=O)N[C@@H](CCSC)C(=O)N[C@@H](CO)C(=O)N[C@H](C(=O)N[C@@H](CCCCN)C(=O)O)C(C)C)[C@@H](C)O. The number of carboxylic acids is 1. The van der Waals surface area contributed by atoms with E-state index in [-0.39, 0.29) is 12.8 Å². The molecule has 0 aliphatic heterocycles. The van der Waals surface area contributed by atoms with Gasteiger partial charge in [-0.3, -0.25) is 38.4 Å². The molecule has 0 spiro atoms. The second-order valence-electron chi connectivity index (χ2n) is 16.0. The number of thioether (sulfide) groups is 1. The maximum atomic E-state index is 13.5. The van der Waals surface area contributed by atoms with Crippen molar-refractivity contribution in [1.29, 1.82) is 0 Å². The van der Waals surface area contributed by atoms with Crippen molar-refractivity contribution in [3.8, 4) is 0 Å².